The average molecular weight is 235 g/mol. The van der Waals surface area contributed by atoms with E-state index in [4.69, 9.17) is 4.42 Å². The molecule has 0 aliphatic heterocycles. The molecule has 1 fully saturated rings. The van der Waals surface area contributed by atoms with Gasteiger partial charge in [0.25, 0.3) is 0 Å². The number of furan rings is 1. The Morgan fingerprint density at radius 2 is 2.24 bits per heavy atom. The van der Waals surface area contributed by atoms with Gasteiger partial charge in [0.05, 0.1) is 6.26 Å². The first kappa shape index (κ1) is 11.3. The third kappa shape index (κ3) is 2.14. The molecule has 2 N–H and O–H groups in total. The first-order valence-corrected chi connectivity index (χ1v) is 6.81. The van der Waals surface area contributed by atoms with Crippen LogP contribution < -0.4 is 5.32 Å². The van der Waals surface area contributed by atoms with Gasteiger partial charge in [0.15, 0.2) is 0 Å². The monoisotopic (exact) mass is 235 g/mol. The van der Waals surface area contributed by atoms with E-state index in [2.05, 4.69) is 11.4 Å². The standard InChI is InChI=1S/C14H21NO2/c16-9-10-3-1-4-12(10)15-13-5-2-6-14-11(13)7-8-17-14/h7-8,10,12-13,15-16H,1-6,9H2. The molecular weight excluding hydrogens is 214 g/mol. The minimum Gasteiger partial charge on any atom is -0.469 e. The number of rotatable bonds is 3. The molecule has 0 spiro atoms. The first-order valence-electron chi connectivity index (χ1n) is 6.81. The summed E-state index contributed by atoms with van der Waals surface area (Å²) in [6.45, 7) is 0.322. The number of hydrogen-bond acceptors (Lipinski definition) is 3. The molecule has 2 aliphatic rings. The van der Waals surface area contributed by atoms with Crippen LogP contribution in [0.15, 0.2) is 16.7 Å². The number of hydrogen-bond donors (Lipinski definition) is 2. The summed E-state index contributed by atoms with van der Waals surface area (Å²) >= 11 is 0. The van der Waals surface area contributed by atoms with Crippen molar-refractivity contribution >= 4 is 0 Å². The maximum Gasteiger partial charge on any atom is 0.108 e. The molecule has 17 heavy (non-hydrogen) atoms. The molecule has 0 aromatic carbocycles. The molecule has 0 saturated heterocycles. The molecule has 3 rings (SSSR count). The second-order valence-electron chi connectivity index (χ2n) is 5.39. The van der Waals surface area contributed by atoms with Crippen LogP contribution in [0.3, 0.4) is 0 Å². The molecule has 1 aromatic heterocycles. The molecule has 0 amide bonds. The Morgan fingerprint density at radius 3 is 3.12 bits per heavy atom. The molecular formula is C14H21NO2. The van der Waals surface area contributed by atoms with E-state index in [9.17, 15) is 5.11 Å². The lowest BCUT2D eigenvalue weighted by atomic mass is 9.92. The van der Waals surface area contributed by atoms with Gasteiger partial charge in [-0.3, -0.25) is 0 Å². The van der Waals surface area contributed by atoms with Gasteiger partial charge in [-0.05, 0) is 37.7 Å². The molecule has 1 heterocycles. The van der Waals surface area contributed by atoms with Crippen molar-refractivity contribution in [3.63, 3.8) is 0 Å². The Balaban J connectivity index is 1.70. The minimum absolute atomic E-state index is 0.322. The van der Waals surface area contributed by atoms with Crippen molar-refractivity contribution in [3.05, 3.63) is 23.7 Å². The van der Waals surface area contributed by atoms with Crippen molar-refractivity contribution in [2.24, 2.45) is 5.92 Å². The molecule has 3 atom stereocenters. The van der Waals surface area contributed by atoms with Crippen molar-refractivity contribution < 1.29 is 9.52 Å². The van der Waals surface area contributed by atoms with E-state index in [0.717, 1.165) is 12.2 Å². The number of fused-ring (bicyclic) bond motifs is 1. The van der Waals surface area contributed by atoms with E-state index in [1.165, 1.54) is 37.7 Å². The van der Waals surface area contributed by atoms with E-state index in [-0.39, 0.29) is 0 Å². The lowest BCUT2D eigenvalue weighted by Gasteiger charge is -2.28. The quantitative estimate of drug-likeness (QED) is 0.845. The second-order valence-corrected chi connectivity index (χ2v) is 5.39. The molecule has 0 bridgehead atoms. The van der Waals surface area contributed by atoms with Gasteiger partial charge < -0.3 is 14.8 Å². The Hall–Kier alpha value is -0.800. The zero-order valence-electron chi connectivity index (χ0n) is 10.2. The number of aliphatic hydroxyl groups excluding tert-OH is 1. The molecule has 2 aliphatic carbocycles. The van der Waals surface area contributed by atoms with Gasteiger partial charge in [0.2, 0.25) is 0 Å². The predicted molar refractivity (Wildman–Crippen MR) is 65.7 cm³/mol. The largest absolute Gasteiger partial charge is 0.469 e. The number of nitrogens with one attached hydrogen (secondary N) is 1. The molecule has 3 nitrogen and oxygen atoms in total. The van der Waals surface area contributed by atoms with Crippen molar-refractivity contribution in [3.8, 4) is 0 Å². The summed E-state index contributed by atoms with van der Waals surface area (Å²) in [7, 11) is 0. The fraction of sp³-hybridized carbons (Fsp3) is 0.714. The highest BCUT2D eigenvalue weighted by Crippen LogP contribution is 2.34. The summed E-state index contributed by atoms with van der Waals surface area (Å²) < 4.78 is 5.51. The van der Waals surface area contributed by atoms with Gasteiger partial charge in [0, 0.05) is 30.7 Å². The molecule has 1 saturated carbocycles. The minimum atomic E-state index is 0.322. The smallest absolute Gasteiger partial charge is 0.108 e. The zero-order chi connectivity index (χ0) is 11.7. The van der Waals surface area contributed by atoms with Crippen LogP contribution in [0.2, 0.25) is 0 Å². The third-order valence-electron chi connectivity index (χ3n) is 4.36. The maximum atomic E-state index is 9.36. The predicted octanol–water partition coefficient (Wildman–Crippen LogP) is 2.41. The molecule has 0 radical (unpaired) electrons. The normalized spacial score (nSPS) is 32.6. The van der Waals surface area contributed by atoms with Crippen LogP contribution in [0, 0.1) is 5.92 Å². The van der Waals surface area contributed by atoms with E-state index in [1.807, 2.05) is 6.26 Å². The fourth-order valence-corrected chi connectivity index (χ4v) is 3.39. The van der Waals surface area contributed by atoms with E-state index in [1.54, 1.807) is 0 Å². The highest BCUT2D eigenvalue weighted by Gasteiger charge is 2.31. The van der Waals surface area contributed by atoms with Crippen molar-refractivity contribution in [2.75, 3.05) is 6.61 Å². The van der Waals surface area contributed by atoms with Gasteiger partial charge in [-0.25, -0.2) is 0 Å². The Bertz CT molecular complexity index is 374. The van der Waals surface area contributed by atoms with Gasteiger partial charge in [-0.15, -0.1) is 0 Å². The Kier molecular flexibility index (Phi) is 3.21. The summed E-state index contributed by atoms with van der Waals surface area (Å²) in [5, 5.41) is 13.1. The lowest BCUT2D eigenvalue weighted by molar-refractivity contribution is 0.196. The van der Waals surface area contributed by atoms with Gasteiger partial charge in [0.1, 0.15) is 5.76 Å². The van der Waals surface area contributed by atoms with Gasteiger partial charge in [-0.1, -0.05) is 6.42 Å². The SMILES string of the molecule is OCC1CCCC1NC1CCCc2occc21. The molecule has 3 unspecified atom stereocenters. The summed E-state index contributed by atoms with van der Waals surface area (Å²) in [6.07, 6.45) is 8.90. The van der Waals surface area contributed by atoms with Crippen molar-refractivity contribution in [1.29, 1.82) is 0 Å². The second kappa shape index (κ2) is 4.83. The lowest BCUT2D eigenvalue weighted by Crippen LogP contribution is -2.37. The highest BCUT2D eigenvalue weighted by atomic mass is 16.3. The maximum absolute atomic E-state index is 9.36. The summed E-state index contributed by atoms with van der Waals surface area (Å²) in [4.78, 5) is 0. The third-order valence-corrected chi connectivity index (χ3v) is 4.36. The van der Waals surface area contributed by atoms with Crippen LogP contribution in [0.5, 0.6) is 0 Å². The molecule has 94 valence electrons. The van der Waals surface area contributed by atoms with Gasteiger partial charge in [-0.2, -0.15) is 0 Å². The number of aliphatic hydroxyl groups is 1. The van der Waals surface area contributed by atoms with Crippen molar-refractivity contribution in [2.45, 2.75) is 50.6 Å². The Labute approximate surface area is 102 Å². The zero-order valence-corrected chi connectivity index (χ0v) is 10.2. The van der Waals surface area contributed by atoms with Crippen LogP contribution >= 0.6 is 0 Å². The van der Waals surface area contributed by atoms with Crippen LogP contribution in [-0.2, 0) is 6.42 Å². The van der Waals surface area contributed by atoms with Crippen LogP contribution in [0.4, 0.5) is 0 Å². The van der Waals surface area contributed by atoms with E-state index in [0.29, 0.717) is 24.6 Å². The highest BCUT2D eigenvalue weighted by molar-refractivity contribution is 5.24. The van der Waals surface area contributed by atoms with E-state index >= 15 is 0 Å². The summed E-state index contributed by atoms with van der Waals surface area (Å²) in [5.74, 6) is 1.61. The fourth-order valence-electron chi connectivity index (χ4n) is 3.39. The van der Waals surface area contributed by atoms with Crippen LogP contribution in [-0.4, -0.2) is 17.8 Å². The average Bonchev–Trinajstić information content (AvgIpc) is 2.97. The molecule has 3 heteroatoms. The van der Waals surface area contributed by atoms with E-state index < -0.39 is 0 Å². The number of aryl methyl sites for hydroxylation is 1. The van der Waals surface area contributed by atoms with Crippen LogP contribution in [0.25, 0.3) is 0 Å². The summed E-state index contributed by atoms with van der Waals surface area (Å²) in [5.41, 5.74) is 1.35. The molecule has 1 aromatic rings. The van der Waals surface area contributed by atoms with Gasteiger partial charge >= 0.3 is 0 Å². The summed E-state index contributed by atoms with van der Waals surface area (Å²) in [6, 6.07) is 3.04. The topological polar surface area (TPSA) is 45.4 Å². The Morgan fingerprint density at radius 1 is 1.29 bits per heavy atom. The van der Waals surface area contributed by atoms with Crippen LogP contribution in [0.1, 0.15) is 49.5 Å². The van der Waals surface area contributed by atoms with Crippen molar-refractivity contribution in [1.82, 2.24) is 5.32 Å². The first-order chi connectivity index (χ1) is 8.38.